The van der Waals surface area contributed by atoms with E-state index in [-0.39, 0.29) is 18.4 Å². The molecule has 2 heterocycles. The number of nitrogens with zero attached hydrogens (tertiary/aromatic N) is 3. The Hall–Kier alpha value is -2.22. The van der Waals surface area contributed by atoms with E-state index >= 15 is 0 Å². The van der Waals surface area contributed by atoms with Crippen molar-refractivity contribution in [3.63, 3.8) is 0 Å². The number of thiophene rings is 1. The summed E-state index contributed by atoms with van der Waals surface area (Å²) in [6.45, 7) is 3.77. The number of likely N-dealkylation sites (N-methyl/N-ethyl adjacent to an activating group) is 1. The van der Waals surface area contributed by atoms with Gasteiger partial charge < -0.3 is 10.2 Å². The van der Waals surface area contributed by atoms with Crippen LogP contribution < -0.4 is 5.32 Å². The van der Waals surface area contributed by atoms with E-state index in [0.717, 1.165) is 40.1 Å². The van der Waals surface area contributed by atoms with Crippen molar-refractivity contribution < 1.29 is 9.59 Å². The number of carbonyl (C=O) groups excluding carboxylic acids is 2. The van der Waals surface area contributed by atoms with Gasteiger partial charge in [0.05, 0.1) is 27.2 Å². The van der Waals surface area contributed by atoms with Gasteiger partial charge in [-0.2, -0.15) is 0 Å². The molecule has 0 saturated heterocycles. The predicted octanol–water partition coefficient (Wildman–Crippen LogP) is 5.20. The topological polar surface area (TPSA) is 75.2 Å². The first-order chi connectivity index (χ1) is 14.2. The van der Waals surface area contributed by atoms with Crippen molar-refractivity contribution in [1.82, 2.24) is 14.9 Å². The molecule has 0 aliphatic heterocycles. The van der Waals surface area contributed by atoms with E-state index in [1.165, 1.54) is 16.2 Å². The van der Waals surface area contributed by atoms with E-state index in [1.54, 1.807) is 25.2 Å². The zero-order valence-electron chi connectivity index (χ0n) is 16.8. The molecule has 4 rings (SSSR count). The van der Waals surface area contributed by atoms with Crippen molar-refractivity contribution in [2.45, 2.75) is 32.6 Å². The number of nitrogens with one attached hydrogen (secondary N) is 1. The number of aryl methyl sites for hydroxylation is 2. The second kappa shape index (κ2) is 8.13. The molecular formula is C21H20Cl2N4O2S. The Bertz CT molecular complexity index is 1170. The number of carbonyl (C=O) groups is 2. The molecule has 1 aliphatic rings. The fraction of sp³-hybridized carbons (Fsp3) is 0.333. The average molecular weight is 463 g/mol. The standard InChI is InChI=1S/C21H20Cl2N4O2S/c1-10-17-11(2)24-19(12-4-5-12)26-20(17)30-18(10)21(29)27(3)9-16(28)25-13-6-7-14(22)15(23)8-13/h6-8,12H,4-5,9H2,1-3H3,(H,25,28). The van der Waals surface area contributed by atoms with E-state index < -0.39 is 0 Å². The fourth-order valence-electron chi connectivity index (χ4n) is 3.32. The molecule has 9 heteroatoms. The Morgan fingerprint density at radius 2 is 1.93 bits per heavy atom. The molecule has 2 amide bonds. The highest BCUT2D eigenvalue weighted by Crippen LogP contribution is 2.40. The first kappa shape index (κ1) is 21.0. The Labute approximate surface area is 188 Å². The highest BCUT2D eigenvalue weighted by Gasteiger charge is 2.29. The molecule has 3 aromatic rings. The second-order valence-electron chi connectivity index (χ2n) is 7.52. The number of anilines is 1. The van der Waals surface area contributed by atoms with Gasteiger partial charge in [-0.05, 0) is 50.5 Å². The predicted molar refractivity (Wildman–Crippen MR) is 121 cm³/mol. The quantitative estimate of drug-likeness (QED) is 0.564. The number of amides is 2. The van der Waals surface area contributed by atoms with Gasteiger partial charge in [-0.1, -0.05) is 23.2 Å². The van der Waals surface area contributed by atoms with Gasteiger partial charge in [0.2, 0.25) is 5.91 Å². The Morgan fingerprint density at radius 3 is 2.60 bits per heavy atom. The number of benzene rings is 1. The number of hydrogen-bond donors (Lipinski definition) is 1. The van der Waals surface area contributed by atoms with Crippen LogP contribution in [0.25, 0.3) is 10.2 Å². The molecule has 156 valence electrons. The molecule has 0 spiro atoms. The van der Waals surface area contributed by atoms with Gasteiger partial charge in [0.25, 0.3) is 5.91 Å². The molecule has 1 N–H and O–H groups in total. The lowest BCUT2D eigenvalue weighted by molar-refractivity contribution is -0.116. The van der Waals surface area contributed by atoms with Crippen LogP contribution in [0.1, 0.15) is 45.5 Å². The molecule has 0 unspecified atom stereocenters. The van der Waals surface area contributed by atoms with Crippen molar-refractivity contribution in [1.29, 1.82) is 0 Å². The zero-order valence-corrected chi connectivity index (χ0v) is 19.1. The van der Waals surface area contributed by atoms with Crippen molar-refractivity contribution in [2.75, 3.05) is 18.9 Å². The summed E-state index contributed by atoms with van der Waals surface area (Å²) < 4.78 is 0. The van der Waals surface area contributed by atoms with Gasteiger partial charge >= 0.3 is 0 Å². The fourth-order valence-corrected chi connectivity index (χ4v) is 4.85. The molecule has 1 aromatic carbocycles. The van der Waals surface area contributed by atoms with Gasteiger partial charge in [0, 0.05) is 24.0 Å². The van der Waals surface area contributed by atoms with E-state index in [4.69, 9.17) is 23.2 Å². The number of hydrogen-bond acceptors (Lipinski definition) is 5. The molecular weight excluding hydrogens is 443 g/mol. The molecule has 1 saturated carbocycles. The smallest absolute Gasteiger partial charge is 0.264 e. The van der Waals surface area contributed by atoms with E-state index in [0.29, 0.717) is 26.5 Å². The van der Waals surface area contributed by atoms with Crippen LogP contribution in [0, 0.1) is 13.8 Å². The third-order valence-corrected chi connectivity index (χ3v) is 6.97. The van der Waals surface area contributed by atoms with E-state index in [1.807, 2.05) is 13.8 Å². The van der Waals surface area contributed by atoms with Crippen LogP contribution in [0.5, 0.6) is 0 Å². The second-order valence-corrected chi connectivity index (χ2v) is 9.33. The minimum atomic E-state index is -0.324. The van der Waals surface area contributed by atoms with Gasteiger partial charge in [0.15, 0.2) is 0 Å². The lowest BCUT2D eigenvalue weighted by atomic mass is 10.1. The molecule has 6 nitrogen and oxygen atoms in total. The third kappa shape index (κ3) is 4.15. The normalized spacial score (nSPS) is 13.5. The Morgan fingerprint density at radius 1 is 1.20 bits per heavy atom. The summed E-state index contributed by atoms with van der Waals surface area (Å²) >= 11 is 13.2. The van der Waals surface area contributed by atoms with Gasteiger partial charge in [0.1, 0.15) is 10.7 Å². The molecule has 30 heavy (non-hydrogen) atoms. The van der Waals surface area contributed by atoms with E-state index in [2.05, 4.69) is 15.3 Å². The molecule has 1 aliphatic carbocycles. The average Bonchev–Trinajstić information content (AvgIpc) is 3.48. The van der Waals surface area contributed by atoms with Crippen LogP contribution in [0.15, 0.2) is 18.2 Å². The van der Waals surface area contributed by atoms with Crippen molar-refractivity contribution >= 4 is 62.3 Å². The minimum absolute atomic E-state index is 0.0925. The maximum absolute atomic E-state index is 13.0. The van der Waals surface area contributed by atoms with Gasteiger partial charge in [-0.25, -0.2) is 9.97 Å². The minimum Gasteiger partial charge on any atom is -0.332 e. The van der Waals surface area contributed by atoms with Crippen LogP contribution in [0.4, 0.5) is 5.69 Å². The highest BCUT2D eigenvalue weighted by atomic mass is 35.5. The lowest BCUT2D eigenvalue weighted by Gasteiger charge is -2.16. The van der Waals surface area contributed by atoms with Gasteiger partial charge in [-0.15, -0.1) is 11.3 Å². The van der Waals surface area contributed by atoms with Crippen LogP contribution in [-0.4, -0.2) is 40.3 Å². The van der Waals surface area contributed by atoms with Crippen LogP contribution in [-0.2, 0) is 4.79 Å². The summed E-state index contributed by atoms with van der Waals surface area (Å²) in [6, 6.07) is 4.83. The maximum Gasteiger partial charge on any atom is 0.264 e. The first-order valence-corrected chi connectivity index (χ1v) is 11.1. The van der Waals surface area contributed by atoms with Crippen LogP contribution in [0.2, 0.25) is 10.0 Å². The number of rotatable bonds is 5. The van der Waals surface area contributed by atoms with Gasteiger partial charge in [-0.3, -0.25) is 9.59 Å². The number of fused-ring (bicyclic) bond motifs is 1. The van der Waals surface area contributed by atoms with Crippen molar-refractivity contribution in [3.8, 4) is 0 Å². The third-order valence-electron chi connectivity index (χ3n) is 5.06. The monoisotopic (exact) mass is 462 g/mol. The first-order valence-electron chi connectivity index (χ1n) is 9.52. The summed E-state index contributed by atoms with van der Waals surface area (Å²) in [4.78, 5) is 37.6. The molecule has 1 fully saturated rings. The molecule has 0 atom stereocenters. The van der Waals surface area contributed by atoms with Crippen molar-refractivity contribution in [3.05, 3.63) is 50.2 Å². The van der Waals surface area contributed by atoms with Crippen LogP contribution >= 0.6 is 34.5 Å². The van der Waals surface area contributed by atoms with E-state index in [9.17, 15) is 9.59 Å². The Balaban J connectivity index is 1.51. The summed E-state index contributed by atoms with van der Waals surface area (Å²) in [7, 11) is 1.61. The molecule has 0 radical (unpaired) electrons. The summed E-state index contributed by atoms with van der Waals surface area (Å²) in [5.74, 6) is 0.777. The summed E-state index contributed by atoms with van der Waals surface area (Å²) in [5, 5.41) is 4.42. The largest absolute Gasteiger partial charge is 0.332 e. The highest BCUT2D eigenvalue weighted by molar-refractivity contribution is 7.20. The van der Waals surface area contributed by atoms with Crippen molar-refractivity contribution in [2.24, 2.45) is 0 Å². The zero-order chi connectivity index (χ0) is 21.6. The SMILES string of the molecule is Cc1nc(C2CC2)nc2sc(C(=O)N(C)CC(=O)Nc3ccc(Cl)c(Cl)c3)c(C)c12. The summed E-state index contributed by atoms with van der Waals surface area (Å²) in [6.07, 6.45) is 2.25. The van der Waals surface area contributed by atoms with Crippen LogP contribution in [0.3, 0.4) is 0 Å². The maximum atomic E-state index is 13.0. The number of aromatic nitrogens is 2. The number of halogens is 2. The summed E-state index contributed by atoms with van der Waals surface area (Å²) in [5.41, 5.74) is 2.28. The Kier molecular flexibility index (Phi) is 5.70. The molecule has 0 bridgehead atoms. The lowest BCUT2D eigenvalue weighted by Crippen LogP contribution is -2.34. The molecule has 2 aromatic heterocycles.